The molecule has 0 aliphatic carbocycles. The predicted octanol–water partition coefficient (Wildman–Crippen LogP) is 4.28. The Balaban J connectivity index is 1.42. The highest BCUT2D eigenvalue weighted by Gasteiger charge is 2.13. The lowest BCUT2D eigenvalue weighted by atomic mass is 10.1. The molecule has 2 aromatic heterocycles. The molecule has 4 aromatic rings. The van der Waals surface area contributed by atoms with Gasteiger partial charge in [-0.3, -0.25) is 15.2 Å². The second-order valence-corrected chi connectivity index (χ2v) is 6.89. The van der Waals surface area contributed by atoms with Crippen LogP contribution < -0.4 is 5.32 Å². The summed E-state index contributed by atoms with van der Waals surface area (Å²) in [7, 11) is 0. The van der Waals surface area contributed by atoms with Gasteiger partial charge >= 0.3 is 0 Å². The number of carbonyl (C=O) groups excluding carboxylic acids is 1. The van der Waals surface area contributed by atoms with Crippen molar-refractivity contribution in [1.82, 2.24) is 25.0 Å². The lowest BCUT2D eigenvalue weighted by molar-refractivity contribution is 0.102. The van der Waals surface area contributed by atoms with Gasteiger partial charge < -0.3 is 0 Å². The van der Waals surface area contributed by atoms with Gasteiger partial charge in [0.05, 0.1) is 12.2 Å². The summed E-state index contributed by atoms with van der Waals surface area (Å²) in [4.78, 5) is 16.5. The lowest BCUT2D eigenvalue weighted by Gasteiger charge is -2.01. The highest BCUT2D eigenvalue weighted by atomic mass is 35.5. The van der Waals surface area contributed by atoms with Crippen molar-refractivity contribution in [3.63, 3.8) is 0 Å². The van der Waals surface area contributed by atoms with Gasteiger partial charge in [-0.05, 0) is 35.9 Å². The first kappa shape index (κ1) is 18.2. The van der Waals surface area contributed by atoms with Crippen LogP contribution in [0.2, 0.25) is 10.0 Å². The van der Waals surface area contributed by atoms with Crippen molar-refractivity contribution in [2.24, 2.45) is 0 Å². The van der Waals surface area contributed by atoms with E-state index >= 15 is 0 Å². The van der Waals surface area contributed by atoms with Crippen LogP contribution in [0.1, 0.15) is 16.1 Å². The second kappa shape index (κ2) is 7.84. The van der Waals surface area contributed by atoms with Crippen LogP contribution in [-0.4, -0.2) is 30.9 Å². The third-order valence-electron chi connectivity index (χ3n) is 3.98. The average Bonchev–Trinajstić information content (AvgIpc) is 3.34. The maximum absolute atomic E-state index is 12.4. The first-order chi connectivity index (χ1) is 13.6. The fourth-order valence-electron chi connectivity index (χ4n) is 2.58. The minimum absolute atomic E-state index is 0.210. The van der Waals surface area contributed by atoms with E-state index in [9.17, 15) is 4.79 Å². The highest BCUT2D eigenvalue weighted by Crippen LogP contribution is 2.20. The Morgan fingerprint density at radius 1 is 1.04 bits per heavy atom. The van der Waals surface area contributed by atoms with Crippen LogP contribution in [0.4, 0.5) is 5.95 Å². The Bertz CT molecular complexity index is 1100. The Hall–Kier alpha value is -3.16. The third kappa shape index (κ3) is 4.21. The summed E-state index contributed by atoms with van der Waals surface area (Å²) < 4.78 is 1.63. The summed E-state index contributed by atoms with van der Waals surface area (Å²) in [5.41, 5.74) is 2.82. The number of amides is 1. The zero-order valence-corrected chi connectivity index (χ0v) is 15.9. The fourth-order valence-corrected chi connectivity index (χ4v) is 2.83. The standard InChI is InChI=1S/C19H14Cl2N6O/c20-14-5-1-12(2-6-14)10-27-11-22-19(26-27)23-18(28)17-9-16(24-25-17)13-3-7-15(21)8-4-13/h1-9,11H,10H2,(H,24,25)(H,23,26,28). The first-order valence-corrected chi connectivity index (χ1v) is 9.09. The van der Waals surface area contributed by atoms with Crippen LogP contribution in [0.15, 0.2) is 60.9 Å². The van der Waals surface area contributed by atoms with Gasteiger partial charge in [-0.1, -0.05) is 47.5 Å². The largest absolute Gasteiger partial charge is 0.288 e. The van der Waals surface area contributed by atoms with E-state index in [1.807, 2.05) is 36.4 Å². The van der Waals surface area contributed by atoms with Crippen LogP contribution in [0, 0.1) is 0 Å². The molecular formula is C19H14Cl2N6O. The molecule has 0 aliphatic rings. The molecule has 0 spiro atoms. The number of H-pyrrole nitrogens is 1. The van der Waals surface area contributed by atoms with E-state index in [4.69, 9.17) is 23.2 Å². The van der Waals surface area contributed by atoms with Crippen LogP contribution in [-0.2, 0) is 6.54 Å². The predicted molar refractivity (Wildman–Crippen MR) is 108 cm³/mol. The molecule has 0 fully saturated rings. The van der Waals surface area contributed by atoms with Gasteiger partial charge in [-0.2, -0.15) is 5.10 Å². The first-order valence-electron chi connectivity index (χ1n) is 8.33. The molecule has 2 heterocycles. The van der Waals surface area contributed by atoms with Gasteiger partial charge in [0.1, 0.15) is 12.0 Å². The number of benzene rings is 2. The summed E-state index contributed by atoms with van der Waals surface area (Å²) in [5.74, 6) is -0.168. The fraction of sp³-hybridized carbons (Fsp3) is 0.0526. The van der Waals surface area contributed by atoms with Crippen molar-refractivity contribution < 1.29 is 4.79 Å². The van der Waals surface area contributed by atoms with Crippen molar-refractivity contribution in [3.8, 4) is 11.3 Å². The number of hydrogen-bond donors (Lipinski definition) is 2. The topological polar surface area (TPSA) is 88.5 Å². The number of anilines is 1. The number of halogens is 2. The van der Waals surface area contributed by atoms with Crippen molar-refractivity contribution in [2.45, 2.75) is 6.54 Å². The maximum Gasteiger partial charge on any atom is 0.276 e. The molecule has 4 rings (SSSR count). The van der Waals surface area contributed by atoms with Gasteiger partial charge in [0.15, 0.2) is 0 Å². The van der Waals surface area contributed by atoms with Crippen molar-refractivity contribution >= 4 is 35.1 Å². The van der Waals surface area contributed by atoms with E-state index in [-0.39, 0.29) is 11.9 Å². The van der Waals surface area contributed by atoms with E-state index in [1.54, 1.807) is 29.2 Å². The van der Waals surface area contributed by atoms with E-state index in [0.717, 1.165) is 11.1 Å². The quantitative estimate of drug-likeness (QED) is 0.511. The number of hydrogen-bond acceptors (Lipinski definition) is 4. The van der Waals surface area contributed by atoms with E-state index in [1.165, 1.54) is 0 Å². The minimum Gasteiger partial charge on any atom is -0.288 e. The van der Waals surface area contributed by atoms with Crippen molar-refractivity contribution in [1.29, 1.82) is 0 Å². The molecule has 0 saturated heterocycles. The molecule has 1 amide bonds. The van der Waals surface area contributed by atoms with Crippen LogP contribution in [0.25, 0.3) is 11.3 Å². The normalized spacial score (nSPS) is 10.8. The van der Waals surface area contributed by atoms with Gasteiger partial charge in [-0.15, -0.1) is 5.10 Å². The lowest BCUT2D eigenvalue weighted by Crippen LogP contribution is -2.14. The summed E-state index contributed by atoms with van der Waals surface area (Å²) >= 11 is 11.8. The van der Waals surface area contributed by atoms with Gasteiger partial charge in [0.2, 0.25) is 5.95 Å². The summed E-state index contributed by atoms with van der Waals surface area (Å²) in [6.07, 6.45) is 1.55. The van der Waals surface area contributed by atoms with Gasteiger partial charge in [0, 0.05) is 15.6 Å². The molecule has 0 saturated carbocycles. The van der Waals surface area contributed by atoms with Crippen LogP contribution in [0.5, 0.6) is 0 Å². The molecule has 0 radical (unpaired) electrons. The van der Waals surface area contributed by atoms with E-state index < -0.39 is 0 Å². The molecule has 0 aliphatic heterocycles. The average molecular weight is 413 g/mol. The molecular weight excluding hydrogens is 399 g/mol. The number of nitrogens with zero attached hydrogens (tertiary/aromatic N) is 4. The Morgan fingerprint density at radius 3 is 2.43 bits per heavy atom. The second-order valence-electron chi connectivity index (χ2n) is 6.02. The number of aromatic amines is 1. The van der Waals surface area contributed by atoms with Crippen molar-refractivity contribution in [2.75, 3.05) is 5.32 Å². The zero-order valence-electron chi connectivity index (χ0n) is 14.4. The van der Waals surface area contributed by atoms with Crippen molar-refractivity contribution in [3.05, 3.63) is 82.2 Å². The third-order valence-corrected chi connectivity index (χ3v) is 4.49. The molecule has 140 valence electrons. The molecule has 0 bridgehead atoms. The molecule has 0 unspecified atom stereocenters. The van der Waals surface area contributed by atoms with Crippen LogP contribution >= 0.6 is 23.2 Å². The highest BCUT2D eigenvalue weighted by molar-refractivity contribution is 6.30. The van der Waals surface area contributed by atoms with Crippen LogP contribution in [0.3, 0.4) is 0 Å². The molecule has 28 heavy (non-hydrogen) atoms. The SMILES string of the molecule is O=C(Nc1ncn(Cc2ccc(Cl)cc2)n1)c1cc(-c2ccc(Cl)cc2)n[nH]1. The summed E-state index contributed by atoms with van der Waals surface area (Å²) in [6.45, 7) is 0.519. The number of nitrogens with one attached hydrogen (secondary N) is 2. The number of aromatic nitrogens is 5. The summed E-state index contributed by atoms with van der Waals surface area (Å²) in [5, 5.41) is 15.1. The smallest absolute Gasteiger partial charge is 0.276 e. The zero-order chi connectivity index (χ0) is 19.5. The van der Waals surface area contributed by atoms with Gasteiger partial charge in [-0.25, -0.2) is 9.67 Å². The van der Waals surface area contributed by atoms with E-state index in [2.05, 4.69) is 25.6 Å². The maximum atomic E-state index is 12.4. The molecule has 2 aromatic carbocycles. The molecule has 7 nitrogen and oxygen atoms in total. The number of carbonyl (C=O) groups is 1. The molecule has 9 heteroatoms. The monoisotopic (exact) mass is 412 g/mol. The van der Waals surface area contributed by atoms with Gasteiger partial charge in [0.25, 0.3) is 5.91 Å². The van der Waals surface area contributed by atoms with E-state index in [0.29, 0.717) is 28.0 Å². The number of rotatable bonds is 5. The Morgan fingerprint density at radius 2 is 1.71 bits per heavy atom. The summed E-state index contributed by atoms with van der Waals surface area (Å²) in [6, 6.07) is 16.3. The minimum atomic E-state index is -0.378. The molecule has 0 atom stereocenters. The Labute approximate surface area is 170 Å². The Kier molecular flexibility index (Phi) is 5.10. The molecule has 2 N–H and O–H groups in total.